The van der Waals surface area contributed by atoms with Crippen LogP contribution in [-0.2, 0) is 4.79 Å². The quantitative estimate of drug-likeness (QED) is 0.701. The number of thioether (sulfide) groups is 1. The molecule has 0 aliphatic carbocycles. The van der Waals surface area contributed by atoms with E-state index in [1.807, 2.05) is 68.5 Å². The molecule has 0 saturated carbocycles. The number of halogens is 1. The topological polar surface area (TPSA) is 32.7 Å². The van der Waals surface area contributed by atoms with Gasteiger partial charge in [0.1, 0.15) is 0 Å². The van der Waals surface area contributed by atoms with Crippen LogP contribution >= 0.6 is 23.4 Å². The first kappa shape index (κ1) is 16.8. The van der Waals surface area contributed by atoms with Crippen LogP contribution in [0.2, 0.25) is 5.02 Å². The van der Waals surface area contributed by atoms with Crippen LogP contribution in [0.4, 0.5) is 5.69 Å². The normalized spacial score (nSPS) is 18.0. The lowest BCUT2D eigenvalue weighted by Crippen LogP contribution is -2.28. The van der Waals surface area contributed by atoms with E-state index in [0.29, 0.717) is 21.6 Å². The first-order valence-corrected chi connectivity index (χ1v) is 8.88. The van der Waals surface area contributed by atoms with Crippen molar-refractivity contribution in [2.24, 2.45) is 4.99 Å². The van der Waals surface area contributed by atoms with Crippen molar-refractivity contribution in [1.82, 2.24) is 4.90 Å². The van der Waals surface area contributed by atoms with Crippen LogP contribution in [0.5, 0.6) is 0 Å². The number of amidine groups is 1. The summed E-state index contributed by atoms with van der Waals surface area (Å²) in [6, 6.07) is 15.4. The molecule has 0 unspecified atom stereocenters. The Balaban J connectivity index is 1.91. The zero-order chi connectivity index (χ0) is 17.1. The molecule has 2 aromatic rings. The van der Waals surface area contributed by atoms with Crippen molar-refractivity contribution in [3.05, 3.63) is 69.6 Å². The fourth-order valence-electron chi connectivity index (χ4n) is 2.31. The number of rotatable bonds is 3. The highest BCUT2D eigenvalue weighted by Gasteiger charge is 2.32. The van der Waals surface area contributed by atoms with E-state index in [1.54, 1.807) is 4.90 Å². The monoisotopic (exact) mass is 356 g/mol. The Morgan fingerprint density at radius 3 is 2.42 bits per heavy atom. The minimum absolute atomic E-state index is 0.0108. The molecule has 3 nitrogen and oxygen atoms in total. The van der Waals surface area contributed by atoms with Gasteiger partial charge in [-0.1, -0.05) is 41.4 Å². The number of hydrogen-bond donors (Lipinski definition) is 0. The molecule has 1 amide bonds. The molecule has 3 rings (SSSR count). The molecule has 2 aromatic carbocycles. The number of aliphatic imine (C=N–C) groups is 1. The number of aryl methyl sites for hydroxylation is 1. The van der Waals surface area contributed by atoms with Crippen LogP contribution in [0.15, 0.2) is 58.4 Å². The van der Waals surface area contributed by atoms with Gasteiger partial charge >= 0.3 is 0 Å². The van der Waals surface area contributed by atoms with Gasteiger partial charge in [0.15, 0.2) is 5.17 Å². The second-order valence-corrected chi connectivity index (χ2v) is 6.89. The van der Waals surface area contributed by atoms with E-state index < -0.39 is 0 Å². The van der Waals surface area contributed by atoms with Crippen molar-refractivity contribution >= 4 is 46.2 Å². The highest BCUT2D eigenvalue weighted by Crippen LogP contribution is 2.34. The summed E-state index contributed by atoms with van der Waals surface area (Å²) in [5.74, 6) is -0.0108. The summed E-state index contributed by atoms with van der Waals surface area (Å²) >= 11 is 7.31. The molecule has 24 heavy (non-hydrogen) atoms. The lowest BCUT2D eigenvalue weighted by molar-refractivity contribution is -0.122. The van der Waals surface area contributed by atoms with Crippen molar-refractivity contribution in [3.8, 4) is 0 Å². The molecule has 1 saturated heterocycles. The molecule has 1 aliphatic rings. The van der Waals surface area contributed by atoms with E-state index in [0.717, 1.165) is 11.3 Å². The smallest absolute Gasteiger partial charge is 0.266 e. The maximum atomic E-state index is 12.6. The Labute approximate surface area is 151 Å². The third-order valence-electron chi connectivity index (χ3n) is 3.63. The molecule has 1 heterocycles. The van der Waals surface area contributed by atoms with Crippen LogP contribution in [-0.4, -0.2) is 22.5 Å². The predicted octanol–water partition coefficient (Wildman–Crippen LogP) is 5.27. The lowest BCUT2D eigenvalue weighted by atomic mass is 10.2. The SMILES string of the molecule is CCN1C(=O)/C(=C\c2ccc(Cl)cc2)SC1=Nc1ccc(C)cc1. The summed E-state index contributed by atoms with van der Waals surface area (Å²) in [6.45, 7) is 4.58. The highest BCUT2D eigenvalue weighted by molar-refractivity contribution is 8.18. The zero-order valence-corrected chi connectivity index (χ0v) is 15.1. The summed E-state index contributed by atoms with van der Waals surface area (Å²) in [5.41, 5.74) is 2.98. The number of hydrogen-bond acceptors (Lipinski definition) is 3. The van der Waals surface area contributed by atoms with Gasteiger partial charge < -0.3 is 0 Å². The highest BCUT2D eigenvalue weighted by atomic mass is 35.5. The summed E-state index contributed by atoms with van der Waals surface area (Å²) in [7, 11) is 0. The second-order valence-electron chi connectivity index (χ2n) is 5.44. The van der Waals surface area contributed by atoms with Gasteiger partial charge in [0.25, 0.3) is 5.91 Å². The zero-order valence-electron chi connectivity index (χ0n) is 13.5. The van der Waals surface area contributed by atoms with E-state index in [9.17, 15) is 4.79 Å². The molecule has 0 bridgehead atoms. The van der Waals surface area contributed by atoms with Gasteiger partial charge in [-0.3, -0.25) is 9.69 Å². The summed E-state index contributed by atoms with van der Waals surface area (Å²) in [6.07, 6.45) is 1.88. The summed E-state index contributed by atoms with van der Waals surface area (Å²) in [4.78, 5) is 19.6. The van der Waals surface area contributed by atoms with Crippen LogP contribution in [0, 0.1) is 6.92 Å². The average Bonchev–Trinajstić information content (AvgIpc) is 2.86. The van der Waals surface area contributed by atoms with Gasteiger partial charge in [-0.25, -0.2) is 4.99 Å². The molecule has 122 valence electrons. The molecular weight excluding hydrogens is 340 g/mol. The van der Waals surface area contributed by atoms with Gasteiger partial charge in [0.05, 0.1) is 10.6 Å². The molecular formula is C19H17ClN2OS. The Morgan fingerprint density at radius 2 is 1.79 bits per heavy atom. The van der Waals surface area contributed by atoms with Crippen LogP contribution in [0.1, 0.15) is 18.1 Å². The van der Waals surface area contributed by atoms with E-state index >= 15 is 0 Å². The summed E-state index contributed by atoms with van der Waals surface area (Å²) < 4.78 is 0. The number of likely N-dealkylation sites (N-methyl/N-ethyl adjacent to an activating group) is 1. The van der Waals surface area contributed by atoms with Crippen LogP contribution < -0.4 is 0 Å². The Kier molecular flexibility index (Phi) is 5.07. The minimum atomic E-state index is -0.0108. The largest absolute Gasteiger partial charge is 0.287 e. The van der Waals surface area contributed by atoms with Gasteiger partial charge in [0.2, 0.25) is 0 Å². The molecule has 0 aromatic heterocycles. The third kappa shape index (κ3) is 3.71. The van der Waals surface area contributed by atoms with Gasteiger partial charge in [0, 0.05) is 11.6 Å². The van der Waals surface area contributed by atoms with E-state index in [1.165, 1.54) is 17.3 Å². The van der Waals surface area contributed by atoms with Crippen molar-refractivity contribution in [3.63, 3.8) is 0 Å². The van der Waals surface area contributed by atoms with Crippen molar-refractivity contribution in [1.29, 1.82) is 0 Å². The predicted molar refractivity (Wildman–Crippen MR) is 103 cm³/mol. The van der Waals surface area contributed by atoms with Crippen LogP contribution in [0.3, 0.4) is 0 Å². The lowest BCUT2D eigenvalue weighted by Gasteiger charge is -2.12. The molecule has 1 fully saturated rings. The first-order chi connectivity index (χ1) is 11.6. The number of amides is 1. The van der Waals surface area contributed by atoms with Gasteiger partial charge in [-0.15, -0.1) is 0 Å². The van der Waals surface area contributed by atoms with Gasteiger partial charge in [-0.2, -0.15) is 0 Å². The number of benzene rings is 2. The fraction of sp³-hybridized carbons (Fsp3) is 0.158. The molecule has 0 atom stereocenters. The van der Waals surface area contributed by atoms with Crippen molar-refractivity contribution < 1.29 is 4.79 Å². The fourth-order valence-corrected chi connectivity index (χ4v) is 3.50. The van der Waals surface area contributed by atoms with Crippen LogP contribution in [0.25, 0.3) is 6.08 Å². The Hall–Kier alpha value is -2.04. The number of nitrogens with zero attached hydrogens (tertiary/aromatic N) is 2. The maximum absolute atomic E-state index is 12.6. The molecule has 0 N–H and O–H groups in total. The molecule has 1 aliphatic heterocycles. The van der Waals surface area contributed by atoms with E-state index in [4.69, 9.17) is 11.6 Å². The van der Waals surface area contributed by atoms with E-state index in [2.05, 4.69) is 4.99 Å². The number of carbonyl (C=O) groups excluding carboxylic acids is 1. The first-order valence-electron chi connectivity index (χ1n) is 7.69. The Bertz CT molecular complexity index is 810. The maximum Gasteiger partial charge on any atom is 0.266 e. The minimum Gasteiger partial charge on any atom is -0.287 e. The Morgan fingerprint density at radius 1 is 1.12 bits per heavy atom. The summed E-state index contributed by atoms with van der Waals surface area (Å²) in [5, 5.41) is 1.39. The second kappa shape index (κ2) is 7.24. The average molecular weight is 357 g/mol. The van der Waals surface area contributed by atoms with Gasteiger partial charge in [-0.05, 0) is 61.5 Å². The number of carbonyl (C=O) groups is 1. The molecule has 0 radical (unpaired) electrons. The standard InChI is InChI=1S/C19H17ClN2OS/c1-3-22-18(23)17(12-14-6-8-15(20)9-7-14)24-19(22)21-16-10-4-13(2)5-11-16/h4-12H,3H2,1-2H3/b17-12+,21-19?. The van der Waals surface area contributed by atoms with Crippen molar-refractivity contribution in [2.45, 2.75) is 13.8 Å². The van der Waals surface area contributed by atoms with Crippen molar-refractivity contribution in [2.75, 3.05) is 6.54 Å². The molecule has 0 spiro atoms. The van der Waals surface area contributed by atoms with E-state index in [-0.39, 0.29) is 5.91 Å². The third-order valence-corrected chi connectivity index (χ3v) is 4.89. The molecule has 5 heteroatoms.